The van der Waals surface area contributed by atoms with Crippen LogP contribution in [0.2, 0.25) is 0 Å². The molecule has 1 aliphatic rings. The number of para-hydroxylation sites is 2. The van der Waals surface area contributed by atoms with E-state index in [0.717, 1.165) is 11.3 Å². The predicted octanol–water partition coefficient (Wildman–Crippen LogP) is 3.32. The van der Waals surface area contributed by atoms with Gasteiger partial charge in [-0.15, -0.1) is 0 Å². The van der Waals surface area contributed by atoms with Gasteiger partial charge in [-0.1, -0.05) is 49.4 Å². The lowest BCUT2D eigenvalue weighted by Crippen LogP contribution is -2.32. The quantitative estimate of drug-likeness (QED) is 0.857. The molecule has 0 saturated heterocycles. The van der Waals surface area contributed by atoms with Crippen LogP contribution in [0.3, 0.4) is 0 Å². The minimum absolute atomic E-state index is 0.00546. The number of nitrogens with zero attached hydrogens (tertiary/aromatic N) is 1. The molecule has 24 heavy (non-hydrogen) atoms. The van der Waals surface area contributed by atoms with Crippen molar-refractivity contribution in [2.45, 2.75) is 13.3 Å². The van der Waals surface area contributed by atoms with E-state index < -0.39 is 17.6 Å². The van der Waals surface area contributed by atoms with Gasteiger partial charge >= 0.3 is 5.91 Å². The molecule has 0 aromatic heterocycles. The molecule has 0 radical (unpaired) electrons. The standard InChI is InChI=1S/C19H17NO4/c1-2-12-24-15-11-7-6-10-14(15)20-18(22)16(17(21)19(20)23)13-8-4-3-5-9-13/h3-11,21H,2,12H2,1H3. The molecule has 0 spiro atoms. The maximum atomic E-state index is 12.8. The summed E-state index contributed by atoms with van der Waals surface area (Å²) in [6.07, 6.45) is 0.801. The average molecular weight is 323 g/mol. The Hall–Kier alpha value is -3.08. The zero-order valence-electron chi connectivity index (χ0n) is 13.2. The topological polar surface area (TPSA) is 66.8 Å². The first-order valence-corrected chi connectivity index (χ1v) is 7.74. The van der Waals surface area contributed by atoms with Gasteiger partial charge in [0.2, 0.25) is 0 Å². The van der Waals surface area contributed by atoms with Crippen LogP contribution in [0.5, 0.6) is 5.75 Å². The molecule has 0 saturated carbocycles. The fraction of sp³-hybridized carbons (Fsp3) is 0.158. The van der Waals surface area contributed by atoms with Gasteiger partial charge in [0.05, 0.1) is 17.9 Å². The van der Waals surface area contributed by atoms with Gasteiger partial charge < -0.3 is 9.84 Å². The van der Waals surface area contributed by atoms with Crippen LogP contribution in [0.25, 0.3) is 5.57 Å². The number of hydrogen-bond donors (Lipinski definition) is 1. The largest absolute Gasteiger partial charge is 0.502 e. The van der Waals surface area contributed by atoms with Crippen LogP contribution in [0.15, 0.2) is 60.4 Å². The Kier molecular flexibility index (Phi) is 4.33. The van der Waals surface area contributed by atoms with E-state index >= 15 is 0 Å². The molecule has 2 aromatic carbocycles. The second kappa shape index (κ2) is 6.58. The second-order valence-corrected chi connectivity index (χ2v) is 5.35. The van der Waals surface area contributed by atoms with E-state index in [1.54, 1.807) is 54.6 Å². The number of aliphatic hydroxyl groups is 1. The first-order valence-electron chi connectivity index (χ1n) is 7.74. The Morgan fingerprint density at radius 2 is 1.62 bits per heavy atom. The van der Waals surface area contributed by atoms with Gasteiger partial charge in [-0.2, -0.15) is 0 Å². The van der Waals surface area contributed by atoms with Crippen molar-refractivity contribution in [3.63, 3.8) is 0 Å². The molecule has 2 amide bonds. The third-order valence-corrected chi connectivity index (χ3v) is 3.69. The molecule has 2 aromatic rings. The third-order valence-electron chi connectivity index (χ3n) is 3.69. The number of benzene rings is 2. The first kappa shape index (κ1) is 15.8. The Morgan fingerprint density at radius 3 is 2.33 bits per heavy atom. The van der Waals surface area contributed by atoms with E-state index in [9.17, 15) is 14.7 Å². The van der Waals surface area contributed by atoms with E-state index in [0.29, 0.717) is 23.6 Å². The van der Waals surface area contributed by atoms with Crippen molar-refractivity contribution < 1.29 is 19.4 Å². The van der Waals surface area contributed by atoms with Gasteiger partial charge in [-0.3, -0.25) is 9.59 Å². The van der Waals surface area contributed by atoms with Gasteiger partial charge in [-0.05, 0) is 24.1 Å². The summed E-state index contributed by atoms with van der Waals surface area (Å²) in [5.74, 6) is -1.41. The van der Waals surface area contributed by atoms with E-state index in [-0.39, 0.29) is 5.57 Å². The zero-order chi connectivity index (χ0) is 17.1. The normalized spacial score (nSPS) is 14.5. The molecule has 1 aliphatic heterocycles. The molecule has 5 nitrogen and oxygen atoms in total. The number of amides is 2. The van der Waals surface area contributed by atoms with Gasteiger partial charge in [0.15, 0.2) is 5.76 Å². The number of imide groups is 1. The summed E-state index contributed by atoms with van der Waals surface area (Å²) in [7, 11) is 0. The maximum absolute atomic E-state index is 12.8. The number of aliphatic hydroxyl groups excluding tert-OH is 1. The maximum Gasteiger partial charge on any atom is 0.301 e. The Balaban J connectivity index is 2.01. The lowest BCUT2D eigenvalue weighted by Gasteiger charge is -2.18. The SMILES string of the molecule is CCCOc1ccccc1N1C(=O)C(O)=C(c2ccccc2)C1=O. The van der Waals surface area contributed by atoms with Crippen molar-refractivity contribution in [2.24, 2.45) is 0 Å². The number of carbonyl (C=O) groups is 2. The van der Waals surface area contributed by atoms with Gasteiger partial charge in [0, 0.05) is 0 Å². The number of hydrogen-bond acceptors (Lipinski definition) is 4. The van der Waals surface area contributed by atoms with Crippen LogP contribution in [0, 0.1) is 0 Å². The molecule has 0 aliphatic carbocycles. The first-order chi connectivity index (χ1) is 11.6. The van der Waals surface area contributed by atoms with Gasteiger partial charge in [0.1, 0.15) is 5.75 Å². The van der Waals surface area contributed by atoms with Crippen molar-refractivity contribution in [2.75, 3.05) is 11.5 Å². The summed E-state index contributed by atoms with van der Waals surface area (Å²) in [5, 5.41) is 10.2. The highest BCUT2D eigenvalue weighted by Gasteiger charge is 2.41. The van der Waals surface area contributed by atoms with Crippen LogP contribution in [-0.4, -0.2) is 23.5 Å². The summed E-state index contributed by atoms with van der Waals surface area (Å²) in [6.45, 7) is 2.44. The highest BCUT2D eigenvalue weighted by atomic mass is 16.5. The Bertz CT molecular complexity index is 811. The summed E-state index contributed by atoms with van der Waals surface area (Å²) >= 11 is 0. The Labute approximate surface area is 139 Å². The van der Waals surface area contributed by atoms with E-state index in [4.69, 9.17) is 4.74 Å². The fourth-order valence-corrected chi connectivity index (χ4v) is 2.58. The number of carbonyl (C=O) groups excluding carboxylic acids is 2. The Morgan fingerprint density at radius 1 is 0.958 bits per heavy atom. The molecule has 122 valence electrons. The van der Waals surface area contributed by atoms with Crippen molar-refractivity contribution in [3.8, 4) is 5.75 Å². The molecule has 1 N–H and O–H groups in total. The average Bonchev–Trinajstić information content (AvgIpc) is 2.83. The molecule has 0 fully saturated rings. The van der Waals surface area contributed by atoms with Gasteiger partial charge in [-0.25, -0.2) is 4.90 Å². The lowest BCUT2D eigenvalue weighted by molar-refractivity contribution is -0.121. The van der Waals surface area contributed by atoms with E-state index in [2.05, 4.69) is 0 Å². The molecule has 1 heterocycles. The molecular formula is C19H17NO4. The van der Waals surface area contributed by atoms with Crippen LogP contribution < -0.4 is 9.64 Å². The predicted molar refractivity (Wildman–Crippen MR) is 90.7 cm³/mol. The van der Waals surface area contributed by atoms with E-state index in [1.165, 1.54) is 0 Å². The molecule has 0 bridgehead atoms. The summed E-state index contributed by atoms with van der Waals surface area (Å²) in [5.41, 5.74) is 0.840. The van der Waals surface area contributed by atoms with Crippen molar-refractivity contribution in [1.29, 1.82) is 0 Å². The molecule has 0 atom stereocenters. The minimum atomic E-state index is -0.744. The summed E-state index contributed by atoms with van der Waals surface area (Å²) < 4.78 is 5.63. The monoisotopic (exact) mass is 323 g/mol. The number of ether oxygens (including phenoxy) is 1. The zero-order valence-corrected chi connectivity index (χ0v) is 13.2. The van der Waals surface area contributed by atoms with Crippen LogP contribution >= 0.6 is 0 Å². The number of anilines is 1. The molecule has 5 heteroatoms. The third kappa shape index (κ3) is 2.65. The molecular weight excluding hydrogens is 306 g/mol. The lowest BCUT2D eigenvalue weighted by atomic mass is 10.1. The van der Waals surface area contributed by atoms with Gasteiger partial charge in [0.25, 0.3) is 5.91 Å². The van der Waals surface area contributed by atoms with Crippen molar-refractivity contribution in [3.05, 3.63) is 65.9 Å². The van der Waals surface area contributed by atoms with Crippen molar-refractivity contribution in [1.82, 2.24) is 0 Å². The smallest absolute Gasteiger partial charge is 0.301 e. The van der Waals surface area contributed by atoms with Crippen LogP contribution in [-0.2, 0) is 9.59 Å². The fourth-order valence-electron chi connectivity index (χ4n) is 2.58. The highest BCUT2D eigenvalue weighted by Crippen LogP contribution is 2.36. The second-order valence-electron chi connectivity index (χ2n) is 5.35. The molecule has 0 unspecified atom stereocenters. The molecule has 3 rings (SSSR count). The minimum Gasteiger partial charge on any atom is -0.502 e. The number of rotatable bonds is 5. The van der Waals surface area contributed by atoms with Crippen LogP contribution in [0.1, 0.15) is 18.9 Å². The van der Waals surface area contributed by atoms with Crippen LogP contribution in [0.4, 0.5) is 5.69 Å². The van der Waals surface area contributed by atoms with E-state index in [1.807, 2.05) is 6.92 Å². The van der Waals surface area contributed by atoms with Crippen molar-refractivity contribution >= 4 is 23.1 Å². The summed E-state index contributed by atoms with van der Waals surface area (Å²) in [6, 6.07) is 15.5. The summed E-state index contributed by atoms with van der Waals surface area (Å²) in [4.78, 5) is 26.2. The highest BCUT2D eigenvalue weighted by molar-refractivity contribution is 6.45.